The van der Waals surface area contributed by atoms with Crippen molar-refractivity contribution in [3.8, 4) is 0 Å². The lowest BCUT2D eigenvalue weighted by molar-refractivity contribution is -0.157. The number of aliphatic carboxylic acids is 1. The average molecular weight is 289 g/mol. The van der Waals surface area contributed by atoms with Gasteiger partial charge in [0.05, 0.1) is 5.41 Å². The van der Waals surface area contributed by atoms with Crippen LogP contribution in [-0.2, 0) is 9.59 Å². The number of nitrogens with one attached hydrogen (secondary N) is 1. The minimum Gasteiger partial charge on any atom is -0.481 e. The van der Waals surface area contributed by atoms with Gasteiger partial charge in [0.15, 0.2) is 0 Å². The monoisotopic (exact) mass is 289 g/mol. The molecule has 1 saturated carbocycles. The zero-order valence-corrected chi connectivity index (χ0v) is 12.7. The molecule has 0 aliphatic heterocycles. The number of aryl methyl sites for hydroxylation is 1. The fourth-order valence-corrected chi connectivity index (χ4v) is 2.72. The summed E-state index contributed by atoms with van der Waals surface area (Å²) < 4.78 is 0. The first-order chi connectivity index (χ1) is 9.93. The molecule has 1 amide bonds. The van der Waals surface area contributed by atoms with Crippen LogP contribution in [0.25, 0.3) is 0 Å². The first kappa shape index (κ1) is 15.5. The Morgan fingerprint density at radius 1 is 1.29 bits per heavy atom. The van der Waals surface area contributed by atoms with E-state index in [4.69, 9.17) is 0 Å². The maximum Gasteiger partial charge on any atom is 0.310 e. The molecule has 0 radical (unpaired) electrons. The number of hydrogen-bond acceptors (Lipinski definition) is 2. The maximum absolute atomic E-state index is 12.0. The Labute approximate surface area is 125 Å². The van der Waals surface area contributed by atoms with Crippen LogP contribution in [0, 0.1) is 12.3 Å². The van der Waals surface area contributed by atoms with E-state index in [9.17, 15) is 14.7 Å². The molecule has 2 rings (SSSR count). The van der Waals surface area contributed by atoms with Gasteiger partial charge in [0.1, 0.15) is 0 Å². The number of carbonyl (C=O) groups is 2. The number of hydrogen-bond donors (Lipinski definition) is 2. The van der Waals surface area contributed by atoms with E-state index in [1.807, 2.05) is 6.92 Å². The molecular weight excluding hydrogens is 266 g/mol. The van der Waals surface area contributed by atoms with E-state index >= 15 is 0 Å². The van der Waals surface area contributed by atoms with Crippen molar-refractivity contribution in [1.29, 1.82) is 0 Å². The van der Waals surface area contributed by atoms with Crippen LogP contribution in [0.15, 0.2) is 24.3 Å². The molecule has 1 fully saturated rings. The van der Waals surface area contributed by atoms with Crippen molar-refractivity contribution in [3.63, 3.8) is 0 Å². The average Bonchev–Trinajstić information content (AvgIpc) is 2.40. The normalized spacial score (nSPS) is 17.6. The Balaban J connectivity index is 1.83. The standard InChI is InChI=1S/C17H23NO3/c1-12-4-6-14(7-5-12)13(2)11-18-15(19)10-17(16(20)21)8-3-9-17/h4-7,13H,3,8-11H2,1-2H3,(H,18,19)(H,20,21). The highest BCUT2D eigenvalue weighted by Crippen LogP contribution is 2.44. The molecule has 1 aromatic carbocycles. The first-order valence-electron chi connectivity index (χ1n) is 7.50. The van der Waals surface area contributed by atoms with Crippen molar-refractivity contribution in [2.24, 2.45) is 5.41 Å². The zero-order chi connectivity index (χ0) is 15.5. The van der Waals surface area contributed by atoms with Gasteiger partial charge >= 0.3 is 5.97 Å². The second kappa shape index (κ2) is 6.29. The van der Waals surface area contributed by atoms with E-state index in [1.165, 1.54) is 11.1 Å². The number of benzene rings is 1. The van der Waals surface area contributed by atoms with Crippen molar-refractivity contribution in [3.05, 3.63) is 35.4 Å². The summed E-state index contributed by atoms with van der Waals surface area (Å²) in [4.78, 5) is 23.2. The van der Waals surface area contributed by atoms with Gasteiger partial charge in [-0.05, 0) is 31.2 Å². The van der Waals surface area contributed by atoms with E-state index in [1.54, 1.807) is 0 Å². The third-order valence-electron chi connectivity index (χ3n) is 4.52. The van der Waals surface area contributed by atoms with Gasteiger partial charge in [0, 0.05) is 13.0 Å². The predicted octanol–water partition coefficient (Wildman–Crippen LogP) is 2.86. The van der Waals surface area contributed by atoms with Crippen molar-refractivity contribution in [2.75, 3.05) is 6.54 Å². The molecule has 0 heterocycles. The summed E-state index contributed by atoms with van der Waals surface area (Å²) in [6, 6.07) is 8.25. The summed E-state index contributed by atoms with van der Waals surface area (Å²) >= 11 is 0. The number of carboxylic acid groups (broad SMARTS) is 1. The number of carboxylic acids is 1. The maximum atomic E-state index is 12.0. The molecule has 1 aliphatic carbocycles. The van der Waals surface area contributed by atoms with Crippen molar-refractivity contribution in [2.45, 2.75) is 45.4 Å². The van der Waals surface area contributed by atoms with E-state index in [0.29, 0.717) is 19.4 Å². The van der Waals surface area contributed by atoms with E-state index in [0.717, 1.165) is 6.42 Å². The number of rotatable bonds is 6. The van der Waals surface area contributed by atoms with Crippen LogP contribution in [0.2, 0.25) is 0 Å². The predicted molar refractivity (Wildman–Crippen MR) is 81.1 cm³/mol. The SMILES string of the molecule is Cc1ccc(C(C)CNC(=O)CC2(C(=O)O)CCC2)cc1. The van der Waals surface area contributed by atoms with Crippen molar-refractivity contribution in [1.82, 2.24) is 5.32 Å². The molecule has 21 heavy (non-hydrogen) atoms. The lowest BCUT2D eigenvalue weighted by Crippen LogP contribution is -2.43. The number of carbonyl (C=O) groups excluding carboxylic acids is 1. The summed E-state index contributed by atoms with van der Waals surface area (Å²) in [7, 11) is 0. The molecule has 0 bridgehead atoms. The van der Waals surface area contributed by atoms with E-state index in [2.05, 4.69) is 36.5 Å². The summed E-state index contributed by atoms with van der Waals surface area (Å²) in [6.45, 7) is 4.64. The highest BCUT2D eigenvalue weighted by molar-refractivity contribution is 5.85. The lowest BCUT2D eigenvalue weighted by atomic mass is 9.66. The molecule has 0 spiro atoms. The molecule has 1 aliphatic rings. The Kier molecular flexibility index (Phi) is 4.66. The van der Waals surface area contributed by atoms with Gasteiger partial charge in [-0.25, -0.2) is 0 Å². The number of amides is 1. The largest absolute Gasteiger partial charge is 0.481 e. The molecule has 4 nitrogen and oxygen atoms in total. The fraction of sp³-hybridized carbons (Fsp3) is 0.529. The minimum atomic E-state index is -0.838. The smallest absolute Gasteiger partial charge is 0.310 e. The third-order valence-corrected chi connectivity index (χ3v) is 4.52. The molecule has 2 N–H and O–H groups in total. The van der Waals surface area contributed by atoms with E-state index < -0.39 is 11.4 Å². The molecule has 1 aromatic rings. The van der Waals surface area contributed by atoms with Crippen molar-refractivity contribution < 1.29 is 14.7 Å². The van der Waals surface area contributed by atoms with Crippen LogP contribution in [0.3, 0.4) is 0 Å². The van der Waals surface area contributed by atoms with Gasteiger partial charge in [-0.2, -0.15) is 0 Å². The fourth-order valence-electron chi connectivity index (χ4n) is 2.72. The summed E-state index contributed by atoms with van der Waals surface area (Å²) in [5, 5.41) is 12.1. The van der Waals surface area contributed by atoms with Crippen LogP contribution < -0.4 is 5.32 Å². The summed E-state index contributed by atoms with van der Waals surface area (Å²) in [5.41, 5.74) is 1.58. The lowest BCUT2D eigenvalue weighted by Gasteiger charge is -2.37. The highest BCUT2D eigenvalue weighted by Gasteiger charge is 2.45. The second-order valence-electron chi connectivity index (χ2n) is 6.23. The van der Waals surface area contributed by atoms with Crippen LogP contribution in [-0.4, -0.2) is 23.5 Å². The van der Waals surface area contributed by atoms with Gasteiger partial charge in [0.25, 0.3) is 0 Å². The van der Waals surface area contributed by atoms with Crippen LogP contribution >= 0.6 is 0 Å². The molecule has 0 aromatic heterocycles. The minimum absolute atomic E-state index is 0.100. The van der Waals surface area contributed by atoms with Gasteiger partial charge in [-0.3, -0.25) is 9.59 Å². The summed E-state index contributed by atoms with van der Waals surface area (Å²) in [6.07, 6.45) is 2.23. The molecule has 4 heteroatoms. The highest BCUT2D eigenvalue weighted by atomic mass is 16.4. The van der Waals surface area contributed by atoms with Crippen LogP contribution in [0.5, 0.6) is 0 Å². The zero-order valence-electron chi connectivity index (χ0n) is 12.7. The Bertz CT molecular complexity index is 517. The Morgan fingerprint density at radius 2 is 1.90 bits per heavy atom. The summed E-state index contributed by atoms with van der Waals surface area (Å²) in [5.74, 6) is -0.775. The van der Waals surface area contributed by atoms with Gasteiger partial charge < -0.3 is 10.4 Å². The quantitative estimate of drug-likeness (QED) is 0.846. The Morgan fingerprint density at radius 3 is 2.38 bits per heavy atom. The second-order valence-corrected chi connectivity index (χ2v) is 6.23. The first-order valence-corrected chi connectivity index (χ1v) is 7.50. The van der Waals surface area contributed by atoms with E-state index in [-0.39, 0.29) is 18.2 Å². The molecular formula is C17H23NO3. The van der Waals surface area contributed by atoms with Crippen molar-refractivity contribution >= 4 is 11.9 Å². The van der Waals surface area contributed by atoms with Gasteiger partial charge in [-0.1, -0.05) is 43.2 Å². The Hall–Kier alpha value is -1.84. The van der Waals surface area contributed by atoms with Crippen LogP contribution in [0.1, 0.15) is 49.7 Å². The van der Waals surface area contributed by atoms with Gasteiger partial charge in [-0.15, -0.1) is 0 Å². The van der Waals surface area contributed by atoms with Gasteiger partial charge in [0.2, 0.25) is 5.91 Å². The molecule has 114 valence electrons. The molecule has 1 unspecified atom stereocenters. The molecule has 0 saturated heterocycles. The topological polar surface area (TPSA) is 66.4 Å². The van der Waals surface area contributed by atoms with Crippen LogP contribution in [0.4, 0.5) is 0 Å². The third kappa shape index (κ3) is 3.63. The molecule has 1 atom stereocenters.